The second kappa shape index (κ2) is 6.39. The van der Waals surface area contributed by atoms with Crippen molar-refractivity contribution in [3.05, 3.63) is 0 Å². The number of carbonyl (C=O) groups is 3. The van der Waals surface area contributed by atoms with Crippen LogP contribution >= 0.6 is 0 Å². The molecule has 2 fully saturated rings. The molecule has 0 spiro atoms. The van der Waals surface area contributed by atoms with Gasteiger partial charge >= 0.3 is 0 Å². The van der Waals surface area contributed by atoms with Crippen molar-refractivity contribution < 1.29 is 14.4 Å². The van der Waals surface area contributed by atoms with Crippen LogP contribution in [-0.2, 0) is 14.4 Å². The minimum atomic E-state index is -0.227. The average Bonchev–Trinajstić information content (AvgIpc) is 2.95. The van der Waals surface area contributed by atoms with Crippen molar-refractivity contribution in [2.45, 2.75) is 53.4 Å². The lowest BCUT2D eigenvalue weighted by Crippen LogP contribution is -2.35. The molecule has 2 aliphatic heterocycles. The second-order valence-corrected chi connectivity index (χ2v) is 7.84. The molecule has 2 atom stereocenters. The predicted octanol–water partition coefficient (Wildman–Crippen LogP) is 2.06. The summed E-state index contributed by atoms with van der Waals surface area (Å²) in [6.07, 6.45) is 2.37. The summed E-state index contributed by atoms with van der Waals surface area (Å²) in [5.74, 6) is 0.344. The van der Waals surface area contributed by atoms with E-state index in [1.807, 2.05) is 25.7 Å². The van der Waals surface area contributed by atoms with E-state index in [1.54, 1.807) is 0 Å². The fraction of sp³-hybridized carbons (Fsp3) is 0.824. The summed E-state index contributed by atoms with van der Waals surface area (Å²) in [5, 5.41) is 0. The van der Waals surface area contributed by atoms with E-state index < -0.39 is 0 Å². The van der Waals surface area contributed by atoms with Crippen LogP contribution in [0, 0.1) is 17.3 Å². The van der Waals surface area contributed by atoms with Crippen LogP contribution in [0.4, 0.5) is 0 Å². The van der Waals surface area contributed by atoms with E-state index in [9.17, 15) is 14.4 Å². The second-order valence-electron chi connectivity index (χ2n) is 7.84. The van der Waals surface area contributed by atoms with E-state index in [-0.39, 0.29) is 29.1 Å². The van der Waals surface area contributed by atoms with Crippen molar-refractivity contribution in [1.29, 1.82) is 0 Å². The van der Waals surface area contributed by atoms with Gasteiger partial charge < -0.3 is 4.90 Å². The Hall–Kier alpha value is -1.39. The zero-order valence-electron chi connectivity index (χ0n) is 14.2. The van der Waals surface area contributed by atoms with Gasteiger partial charge in [-0.2, -0.15) is 0 Å². The number of hydrogen-bond donors (Lipinski definition) is 0. The summed E-state index contributed by atoms with van der Waals surface area (Å²) >= 11 is 0. The third-order valence-corrected chi connectivity index (χ3v) is 4.84. The largest absolute Gasteiger partial charge is 0.342 e. The highest BCUT2D eigenvalue weighted by Crippen LogP contribution is 2.35. The van der Waals surface area contributed by atoms with Crippen molar-refractivity contribution in [2.75, 3.05) is 19.6 Å². The van der Waals surface area contributed by atoms with E-state index in [2.05, 4.69) is 6.92 Å². The fourth-order valence-electron chi connectivity index (χ4n) is 3.30. The van der Waals surface area contributed by atoms with Gasteiger partial charge in [0.05, 0.1) is 5.92 Å². The maximum absolute atomic E-state index is 12.3. The maximum atomic E-state index is 12.3. The number of nitrogens with zero attached hydrogens (tertiary/aromatic N) is 2. The molecule has 2 heterocycles. The van der Waals surface area contributed by atoms with Crippen LogP contribution in [0.2, 0.25) is 0 Å². The Balaban J connectivity index is 1.81. The van der Waals surface area contributed by atoms with Crippen molar-refractivity contribution in [3.8, 4) is 0 Å². The Bertz CT molecular complexity index is 467. The Morgan fingerprint density at radius 1 is 1.27 bits per heavy atom. The van der Waals surface area contributed by atoms with E-state index in [4.69, 9.17) is 0 Å². The Morgan fingerprint density at radius 2 is 1.95 bits per heavy atom. The molecular weight excluding hydrogens is 280 g/mol. The van der Waals surface area contributed by atoms with Crippen LogP contribution in [0.5, 0.6) is 0 Å². The highest BCUT2D eigenvalue weighted by atomic mass is 16.2. The molecule has 2 saturated heterocycles. The molecule has 5 nitrogen and oxygen atoms in total. The number of amides is 3. The molecular formula is C17H28N2O3. The van der Waals surface area contributed by atoms with Gasteiger partial charge in [0.1, 0.15) is 0 Å². The topological polar surface area (TPSA) is 57.7 Å². The van der Waals surface area contributed by atoms with Crippen LogP contribution in [0.3, 0.4) is 0 Å². The first-order chi connectivity index (χ1) is 10.2. The van der Waals surface area contributed by atoms with Gasteiger partial charge in [-0.05, 0) is 24.2 Å². The summed E-state index contributed by atoms with van der Waals surface area (Å²) in [5.41, 5.74) is -0.191. The summed E-state index contributed by atoms with van der Waals surface area (Å²) in [6, 6.07) is 0. The van der Waals surface area contributed by atoms with Gasteiger partial charge in [-0.3, -0.25) is 19.3 Å². The molecule has 2 rings (SSSR count). The predicted molar refractivity (Wildman–Crippen MR) is 83.9 cm³/mol. The van der Waals surface area contributed by atoms with Crippen molar-refractivity contribution >= 4 is 17.7 Å². The lowest BCUT2D eigenvalue weighted by atomic mass is 9.80. The molecule has 0 saturated carbocycles. The maximum Gasteiger partial charge on any atom is 0.233 e. The number of carbonyl (C=O) groups excluding carboxylic acids is 3. The molecule has 2 aliphatic rings. The van der Waals surface area contributed by atoms with Crippen molar-refractivity contribution in [1.82, 2.24) is 9.80 Å². The highest BCUT2D eigenvalue weighted by molar-refractivity contribution is 6.03. The molecule has 0 N–H and O–H groups in total. The summed E-state index contributed by atoms with van der Waals surface area (Å²) in [6.45, 7) is 10.2. The lowest BCUT2D eigenvalue weighted by molar-refractivity contribution is -0.141. The minimum Gasteiger partial charge on any atom is -0.342 e. The molecule has 124 valence electrons. The zero-order chi connectivity index (χ0) is 16.5. The van der Waals surface area contributed by atoms with E-state index in [0.29, 0.717) is 31.7 Å². The van der Waals surface area contributed by atoms with E-state index in [0.717, 1.165) is 19.5 Å². The molecule has 0 aromatic carbocycles. The zero-order valence-corrected chi connectivity index (χ0v) is 14.2. The third kappa shape index (κ3) is 3.68. The Kier molecular flexibility index (Phi) is 4.93. The number of imide groups is 1. The van der Waals surface area contributed by atoms with Gasteiger partial charge in [0.2, 0.25) is 17.7 Å². The van der Waals surface area contributed by atoms with Crippen LogP contribution in [0.15, 0.2) is 0 Å². The van der Waals surface area contributed by atoms with Gasteiger partial charge in [0, 0.05) is 32.5 Å². The first-order valence-corrected chi connectivity index (χ1v) is 8.32. The van der Waals surface area contributed by atoms with Gasteiger partial charge in [-0.1, -0.05) is 27.7 Å². The fourth-order valence-corrected chi connectivity index (χ4v) is 3.30. The van der Waals surface area contributed by atoms with Crippen molar-refractivity contribution in [2.24, 2.45) is 17.3 Å². The van der Waals surface area contributed by atoms with Gasteiger partial charge in [-0.15, -0.1) is 0 Å². The van der Waals surface area contributed by atoms with Gasteiger partial charge in [0.25, 0.3) is 0 Å². The SMILES string of the molecule is C[C@H]1CCN(C(=O)CCCN2C(=O)CC(C(C)(C)C)C2=O)C1. The minimum absolute atomic E-state index is 0.0697. The molecule has 0 radical (unpaired) electrons. The molecule has 5 heteroatoms. The number of rotatable bonds is 4. The normalized spacial score (nSPS) is 26.2. The third-order valence-electron chi connectivity index (χ3n) is 4.84. The van der Waals surface area contributed by atoms with Crippen LogP contribution in [0.25, 0.3) is 0 Å². The highest BCUT2D eigenvalue weighted by Gasteiger charge is 2.44. The summed E-state index contributed by atoms with van der Waals surface area (Å²) in [4.78, 5) is 39.7. The molecule has 0 aliphatic carbocycles. The van der Waals surface area contributed by atoms with Gasteiger partial charge in [0.15, 0.2) is 0 Å². The molecule has 0 aromatic heterocycles. The smallest absolute Gasteiger partial charge is 0.233 e. The summed E-state index contributed by atoms with van der Waals surface area (Å²) < 4.78 is 0. The Morgan fingerprint density at radius 3 is 2.45 bits per heavy atom. The number of hydrogen-bond acceptors (Lipinski definition) is 3. The van der Waals surface area contributed by atoms with Crippen molar-refractivity contribution in [3.63, 3.8) is 0 Å². The molecule has 3 amide bonds. The van der Waals surface area contributed by atoms with Crippen LogP contribution in [-0.4, -0.2) is 47.2 Å². The van der Waals surface area contributed by atoms with Crippen LogP contribution in [0.1, 0.15) is 53.4 Å². The molecule has 0 bridgehead atoms. The quantitative estimate of drug-likeness (QED) is 0.747. The first-order valence-electron chi connectivity index (χ1n) is 8.32. The first kappa shape index (κ1) is 17.0. The average molecular weight is 308 g/mol. The molecule has 1 unspecified atom stereocenters. The van der Waals surface area contributed by atoms with Gasteiger partial charge in [-0.25, -0.2) is 0 Å². The lowest BCUT2D eigenvalue weighted by Gasteiger charge is -2.25. The standard InChI is InChI=1S/C17H28N2O3/c1-12-7-9-18(11-12)14(20)6-5-8-19-15(21)10-13(16(19)22)17(2,3)4/h12-13H,5-11H2,1-4H3/t12-,13?/m0/s1. The molecule has 22 heavy (non-hydrogen) atoms. The monoisotopic (exact) mass is 308 g/mol. The van der Waals surface area contributed by atoms with E-state index >= 15 is 0 Å². The number of likely N-dealkylation sites (tertiary alicyclic amines) is 2. The van der Waals surface area contributed by atoms with E-state index in [1.165, 1.54) is 4.90 Å². The summed E-state index contributed by atoms with van der Waals surface area (Å²) in [7, 11) is 0. The Labute approximate surface area is 133 Å². The molecule has 0 aromatic rings. The van der Waals surface area contributed by atoms with Crippen LogP contribution < -0.4 is 0 Å².